The number of benzene rings is 1. The van der Waals surface area contributed by atoms with Gasteiger partial charge in [0, 0.05) is 11.5 Å². The Bertz CT molecular complexity index is 521. The van der Waals surface area contributed by atoms with Gasteiger partial charge in [0.25, 0.3) is 0 Å². The predicted octanol–water partition coefficient (Wildman–Crippen LogP) is 2.43. The van der Waals surface area contributed by atoms with Crippen LogP contribution in [-0.4, -0.2) is 31.4 Å². The Kier molecular flexibility index (Phi) is 3.42. The molecular weight excluding hydrogens is 260 g/mol. The van der Waals surface area contributed by atoms with Crippen molar-refractivity contribution in [2.75, 3.05) is 20.3 Å². The molecule has 108 valence electrons. The minimum Gasteiger partial charge on any atom is -0.492 e. The summed E-state index contributed by atoms with van der Waals surface area (Å²) >= 11 is 0. The van der Waals surface area contributed by atoms with E-state index in [-0.39, 0.29) is 12.3 Å². The van der Waals surface area contributed by atoms with E-state index in [0.717, 1.165) is 18.4 Å². The van der Waals surface area contributed by atoms with E-state index in [9.17, 15) is 4.79 Å². The van der Waals surface area contributed by atoms with Crippen LogP contribution in [-0.2, 0) is 4.79 Å². The van der Waals surface area contributed by atoms with Gasteiger partial charge in [0.15, 0.2) is 11.5 Å². The Balaban J connectivity index is 2.00. The fourth-order valence-corrected chi connectivity index (χ4v) is 2.83. The van der Waals surface area contributed by atoms with E-state index in [0.29, 0.717) is 36.4 Å². The normalized spacial score (nSPS) is 18.4. The molecule has 0 spiro atoms. The number of hydrogen-bond donors (Lipinski definition) is 1. The molecule has 5 nitrogen and oxygen atoms in total. The fourth-order valence-electron chi connectivity index (χ4n) is 2.83. The molecular formula is C15H18O5. The molecule has 2 aliphatic rings. The van der Waals surface area contributed by atoms with Gasteiger partial charge >= 0.3 is 5.97 Å². The maximum absolute atomic E-state index is 11.1. The first-order valence-corrected chi connectivity index (χ1v) is 6.89. The van der Waals surface area contributed by atoms with Crippen LogP contribution in [0.5, 0.6) is 17.2 Å². The van der Waals surface area contributed by atoms with Crippen LogP contribution in [0.2, 0.25) is 0 Å². The highest BCUT2D eigenvalue weighted by Gasteiger charge is 2.36. The average molecular weight is 278 g/mol. The molecule has 1 unspecified atom stereocenters. The van der Waals surface area contributed by atoms with Crippen molar-refractivity contribution in [3.63, 3.8) is 0 Å². The Morgan fingerprint density at radius 2 is 2.15 bits per heavy atom. The largest absolute Gasteiger partial charge is 0.492 e. The first-order chi connectivity index (χ1) is 9.70. The zero-order valence-electron chi connectivity index (χ0n) is 11.4. The molecule has 1 saturated carbocycles. The third-order valence-electron chi connectivity index (χ3n) is 3.88. The predicted molar refractivity (Wildman–Crippen MR) is 71.7 cm³/mol. The van der Waals surface area contributed by atoms with Crippen molar-refractivity contribution >= 4 is 5.97 Å². The maximum atomic E-state index is 11.1. The number of ether oxygens (including phenoxy) is 3. The van der Waals surface area contributed by atoms with Crippen LogP contribution >= 0.6 is 0 Å². The van der Waals surface area contributed by atoms with E-state index >= 15 is 0 Å². The van der Waals surface area contributed by atoms with Crippen LogP contribution < -0.4 is 14.2 Å². The van der Waals surface area contributed by atoms with Crippen LogP contribution in [0.1, 0.15) is 30.7 Å². The van der Waals surface area contributed by atoms with Crippen LogP contribution in [0, 0.1) is 5.92 Å². The lowest BCUT2D eigenvalue weighted by atomic mass is 9.90. The van der Waals surface area contributed by atoms with Gasteiger partial charge in [-0.3, -0.25) is 4.79 Å². The molecule has 0 aromatic heterocycles. The smallest absolute Gasteiger partial charge is 0.303 e. The standard InChI is InChI=1S/C15H18O5/c1-18-14-10(11(8-13(16)17)9-2-3-9)4-5-12-15(14)20-7-6-19-12/h4-5,9,11H,2-3,6-8H2,1H3,(H,16,17). The van der Waals surface area contributed by atoms with Gasteiger partial charge in [-0.05, 0) is 24.8 Å². The lowest BCUT2D eigenvalue weighted by Gasteiger charge is -2.25. The molecule has 1 atom stereocenters. The van der Waals surface area contributed by atoms with Gasteiger partial charge in [0.1, 0.15) is 13.2 Å². The first-order valence-electron chi connectivity index (χ1n) is 6.89. The number of carboxylic acid groups (broad SMARTS) is 1. The number of carbonyl (C=O) groups is 1. The van der Waals surface area contributed by atoms with E-state index in [1.165, 1.54) is 0 Å². The molecule has 5 heteroatoms. The molecule has 1 aromatic carbocycles. The summed E-state index contributed by atoms with van der Waals surface area (Å²) in [6.07, 6.45) is 2.28. The topological polar surface area (TPSA) is 65.0 Å². The van der Waals surface area contributed by atoms with Crippen LogP contribution in [0.25, 0.3) is 0 Å². The Labute approximate surface area is 117 Å². The number of aliphatic carboxylic acids is 1. The number of carboxylic acids is 1. The van der Waals surface area contributed by atoms with Crippen molar-refractivity contribution in [3.05, 3.63) is 17.7 Å². The van der Waals surface area contributed by atoms with Crippen LogP contribution in [0.4, 0.5) is 0 Å². The van der Waals surface area contributed by atoms with Gasteiger partial charge in [0.05, 0.1) is 13.5 Å². The van der Waals surface area contributed by atoms with Gasteiger partial charge < -0.3 is 19.3 Å². The summed E-state index contributed by atoms with van der Waals surface area (Å²) < 4.78 is 16.7. The van der Waals surface area contributed by atoms with E-state index in [2.05, 4.69) is 0 Å². The Hall–Kier alpha value is -1.91. The molecule has 1 aliphatic heterocycles. The quantitative estimate of drug-likeness (QED) is 0.896. The van der Waals surface area contributed by atoms with Gasteiger partial charge in [-0.1, -0.05) is 6.07 Å². The second-order valence-electron chi connectivity index (χ2n) is 5.25. The Morgan fingerprint density at radius 1 is 1.40 bits per heavy atom. The number of hydrogen-bond acceptors (Lipinski definition) is 4. The summed E-state index contributed by atoms with van der Waals surface area (Å²) in [5.41, 5.74) is 0.918. The minimum atomic E-state index is -0.779. The van der Waals surface area contributed by atoms with Crippen molar-refractivity contribution in [3.8, 4) is 17.2 Å². The van der Waals surface area contributed by atoms with Crippen molar-refractivity contribution in [1.82, 2.24) is 0 Å². The zero-order chi connectivity index (χ0) is 14.1. The third kappa shape index (κ3) is 2.40. The highest BCUT2D eigenvalue weighted by molar-refractivity contribution is 5.69. The number of rotatable bonds is 5. The molecule has 1 fully saturated rings. The molecule has 1 aromatic rings. The van der Waals surface area contributed by atoms with Gasteiger partial charge in [-0.15, -0.1) is 0 Å². The third-order valence-corrected chi connectivity index (χ3v) is 3.88. The lowest BCUT2D eigenvalue weighted by molar-refractivity contribution is -0.137. The molecule has 20 heavy (non-hydrogen) atoms. The molecule has 0 saturated heterocycles. The average Bonchev–Trinajstić information content (AvgIpc) is 3.28. The van der Waals surface area contributed by atoms with E-state index < -0.39 is 5.97 Å². The number of fused-ring (bicyclic) bond motifs is 1. The van der Waals surface area contributed by atoms with Crippen molar-refractivity contribution in [2.45, 2.75) is 25.2 Å². The second-order valence-corrected chi connectivity index (χ2v) is 5.25. The van der Waals surface area contributed by atoms with E-state index in [4.69, 9.17) is 19.3 Å². The Morgan fingerprint density at radius 3 is 2.80 bits per heavy atom. The summed E-state index contributed by atoms with van der Waals surface area (Å²) in [7, 11) is 1.59. The van der Waals surface area contributed by atoms with Gasteiger partial charge in [0.2, 0.25) is 5.75 Å². The van der Waals surface area contributed by atoms with Crippen molar-refractivity contribution in [1.29, 1.82) is 0 Å². The zero-order valence-corrected chi connectivity index (χ0v) is 11.4. The van der Waals surface area contributed by atoms with E-state index in [1.54, 1.807) is 7.11 Å². The maximum Gasteiger partial charge on any atom is 0.303 e. The second kappa shape index (κ2) is 5.23. The summed E-state index contributed by atoms with van der Waals surface area (Å²) in [6.45, 7) is 1.01. The monoisotopic (exact) mass is 278 g/mol. The van der Waals surface area contributed by atoms with Crippen molar-refractivity contribution < 1.29 is 24.1 Å². The minimum absolute atomic E-state index is 0.0155. The van der Waals surface area contributed by atoms with Gasteiger partial charge in [-0.2, -0.15) is 0 Å². The molecule has 3 rings (SSSR count). The van der Waals surface area contributed by atoms with Crippen molar-refractivity contribution in [2.24, 2.45) is 5.92 Å². The first kappa shape index (κ1) is 13.1. The summed E-state index contributed by atoms with van der Waals surface area (Å²) in [6, 6.07) is 3.77. The number of methoxy groups -OCH3 is 1. The van der Waals surface area contributed by atoms with Gasteiger partial charge in [-0.25, -0.2) is 0 Å². The molecule has 0 radical (unpaired) electrons. The summed E-state index contributed by atoms with van der Waals surface area (Å²) in [5, 5.41) is 9.13. The molecule has 0 amide bonds. The molecule has 1 heterocycles. The van der Waals surface area contributed by atoms with E-state index in [1.807, 2.05) is 12.1 Å². The van der Waals surface area contributed by atoms with Crippen LogP contribution in [0.15, 0.2) is 12.1 Å². The van der Waals surface area contributed by atoms with Crippen LogP contribution in [0.3, 0.4) is 0 Å². The summed E-state index contributed by atoms with van der Waals surface area (Å²) in [4.78, 5) is 11.1. The summed E-state index contributed by atoms with van der Waals surface area (Å²) in [5.74, 6) is 1.54. The fraction of sp³-hybridized carbons (Fsp3) is 0.533. The highest BCUT2D eigenvalue weighted by atomic mass is 16.6. The molecule has 0 bridgehead atoms. The lowest BCUT2D eigenvalue weighted by Crippen LogP contribution is -2.17. The highest BCUT2D eigenvalue weighted by Crippen LogP contribution is 2.51. The SMILES string of the molecule is COc1c(C(CC(=O)O)C2CC2)ccc2c1OCCO2. The molecule has 1 aliphatic carbocycles. The molecule has 1 N–H and O–H groups in total.